The van der Waals surface area contributed by atoms with Gasteiger partial charge in [0.2, 0.25) is 6.29 Å². The molecule has 8 nitrogen and oxygen atoms in total. The molecule has 3 aliphatic heterocycles. The average molecular weight is 462 g/mol. The third-order valence-corrected chi connectivity index (χ3v) is 7.02. The van der Waals surface area contributed by atoms with Gasteiger partial charge in [-0.2, -0.15) is 0 Å². The van der Waals surface area contributed by atoms with Crippen molar-refractivity contribution >= 4 is 12.0 Å². The van der Waals surface area contributed by atoms with Crippen molar-refractivity contribution < 1.29 is 34.3 Å². The van der Waals surface area contributed by atoms with Crippen LogP contribution in [0.3, 0.4) is 0 Å². The summed E-state index contributed by atoms with van der Waals surface area (Å²) in [5, 5.41) is 29.7. The molecule has 0 aliphatic carbocycles. The molecular weight excluding hydrogens is 426 g/mol. The van der Waals surface area contributed by atoms with E-state index in [2.05, 4.69) is 4.90 Å². The monoisotopic (exact) mass is 461 g/mol. The molecule has 4 rings (SSSR count). The highest BCUT2D eigenvalue weighted by Crippen LogP contribution is 2.31. The molecule has 3 fully saturated rings. The Kier molecular flexibility index (Phi) is 8.03. The van der Waals surface area contributed by atoms with Crippen LogP contribution in [0.1, 0.15) is 44.6 Å². The number of hydrogen-bond donors (Lipinski definition) is 3. The SMILES string of the molecule is C[C@H]1O[C@H](Oc2ccc(/C=C/C(=O)OC[C@H]3CCCN4CCCC[C@H]34)cc2)[C@@H](O)[C@@H](O)[C@@H]1O. The second-order valence-corrected chi connectivity index (χ2v) is 9.33. The van der Waals surface area contributed by atoms with Crippen molar-refractivity contribution in [2.75, 3.05) is 19.7 Å². The van der Waals surface area contributed by atoms with Gasteiger partial charge < -0.3 is 29.5 Å². The smallest absolute Gasteiger partial charge is 0.330 e. The van der Waals surface area contributed by atoms with Gasteiger partial charge in [0.1, 0.15) is 24.1 Å². The highest BCUT2D eigenvalue weighted by atomic mass is 16.7. The zero-order chi connectivity index (χ0) is 23.4. The Labute approximate surface area is 194 Å². The first-order chi connectivity index (χ1) is 15.9. The number of aliphatic hydroxyl groups is 3. The van der Waals surface area contributed by atoms with Crippen molar-refractivity contribution in [1.29, 1.82) is 0 Å². The van der Waals surface area contributed by atoms with Crippen LogP contribution in [0.15, 0.2) is 30.3 Å². The van der Waals surface area contributed by atoms with Crippen LogP contribution in [0.25, 0.3) is 6.08 Å². The summed E-state index contributed by atoms with van der Waals surface area (Å²) in [6, 6.07) is 7.45. The minimum Gasteiger partial charge on any atom is -0.462 e. The first-order valence-corrected chi connectivity index (χ1v) is 12.0. The van der Waals surface area contributed by atoms with Crippen molar-refractivity contribution in [3.63, 3.8) is 0 Å². The van der Waals surface area contributed by atoms with Crippen LogP contribution in [0.2, 0.25) is 0 Å². The van der Waals surface area contributed by atoms with Crippen LogP contribution in [0, 0.1) is 5.92 Å². The molecule has 182 valence electrons. The Morgan fingerprint density at radius 3 is 2.61 bits per heavy atom. The molecule has 33 heavy (non-hydrogen) atoms. The first-order valence-electron chi connectivity index (χ1n) is 12.0. The van der Waals surface area contributed by atoms with Crippen LogP contribution < -0.4 is 4.74 Å². The number of fused-ring (bicyclic) bond motifs is 1. The third kappa shape index (κ3) is 5.94. The summed E-state index contributed by atoms with van der Waals surface area (Å²) in [6.07, 6.45) is 3.51. The minimum atomic E-state index is -1.37. The lowest BCUT2D eigenvalue weighted by Gasteiger charge is -2.44. The number of aliphatic hydroxyl groups excluding tert-OH is 3. The quantitative estimate of drug-likeness (QED) is 0.434. The molecule has 3 aliphatic rings. The van der Waals surface area contributed by atoms with E-state index in [1.165, 1.54) is 44.8 Å². The lowest BCUT2D eigenvalue weighted by Crippen LogP contribution is -2.58. The number of esters is 1. The molecule has 7 atom stereocenters. The van der Waals surface area contributed by atoms with Gasteiger partial charge in [0.15, 0.2) is 0 Å². The van der Waals surface area contributed by atoms with Gasteiger partial charge in [0.05, 0.1) is 12.7 Å². The number of ether oxygens (including phenoxy) is 3. The summed E-state index contributed by atoms with van der Waals surface area (Å²) in [7, 11) is 0. The van der Waals surface area contributed by atoms with E-state index in [1.807, 2.05) is 0 Å². The second kappa shape index (κ2) is 11.0. The number of rotatable bonds is 6. The van der Waals surface area contributed by atoms with Crippen molar-refractivity contribution in [2.45, 2.75) is 75.8 Å². The van der Waals surface area contributed by atoms with Crippen LogP contribution in [0.5, 0.6) is 5.75 Å². The molecule has 0 spiro atoms. The van der Waals surface area contributed by atoms with Gasteiger partial charge in [0.25, 0.3) is 0 Å². The van der Waals surface area contributed by atoms with E-state index in [-0.39, 0.29) is 5.97 Å². The maximum absolute atomic E-state index is 12.2. The molecule has 0 unspecified atom stereocenters. The fourth-order valence-electron chi connectivity index (χ4n) is 5.08. The molecule has 0 bridgehead atoms. The second-order valence-electron chi connectivity index (χ2n) is 9.33. The van der Waals surface area contributed by atoms with E-state index in [0.717, 1.165) is 12.0 Å². The Balaban J connectivity index is 1.25. The summed E-state index contributed by atoms with van der Waals surface area (Å²) in [5.74, 6) is 0.514. The molecule has 3 N–H and O–H groups in total. The summed E-state index contributed by atoms with van der Waals surface area (Å²) >= 11 is 0. The normalized spacial score (nSPS) is 35.2. The van der Waals surface area contributed by atoms with Gasteiger partial charge in [-0.1, -0.05) is 18.6 Å². The average Bonchev–Trinajstić information content (AvgIpc) is 2.84. The highest BCUT2D eigenvalue weighted by molar-refractivity contribution is 5.87. The lowest BCUT2D eigenvalue weighted by molar-refractivity contribution is -0.268. The molecule has 3 saturated heterocycles. The number of carbonyl (C=O) groups is 1. The van der Waals surface area contributed by atoms with Crippen molar-refractivity contribution in [2.24, 2.45) is 5.92 Å². The fraction of sp³-hybridized carbons (Fsp3) is 0.640. The number of nitrogens with zero attached hydrogens (tertiary/aromatic N) is 1. The van der Waals surface area contributed by atoms with Gasteiger partial charge >= 0.3 is 5.97 Å². The molecule has 1 aromatic carbocycles. The summed E-state index contributed by atoms with van der Waals surface area (Å²) in [4.78, 5) is 14.8. The molecule has 0 radical (unpaired) electrons. The molecule has 1 aromatic rings. The van der Waals surface area contributed by atoms with E-state index in [0.29, 0.717) is 24.3 Å². The maximum Gasteiger partial charge on any atom is 0.330 e. The van der Waals surface area contributed by atoms with E-state index in [1.54, 1.807) is 37.3 Å². The Hall–Kier alpha value is -1.97. The van der Waals surface area contributed by atoms with Gasteiger partial charge in [-0.05, 0) is 69.5 Å². The summed E-state index contributed by atoms with van der Waals surface area (Å²) < 4.78 is 16.6. The van der Waals surface area contributed by atoms with Crippen molar-refractivity contribution in [1.82, 2.24) is 4.90 Å². The highest BCUT2D eigenvalue weighted by Gasteiger charge is 2.43. The minimum absolute atomic E-state index is 0.344. The van der Waals surface area contributed by atoms with E-state index < -0.39 is 30.7 Å². The van der Waals surface area contributed by atoms with Crippen molar-refractivity contribution in [3.05, 3.63) is 35.9 Å². The topological polar surface area (TPSA) is 109 Å². The molecule has 0 aromatic heterocycles. The van der Waals surface area contributed by atoms with Gasteiger partial charge in [0, 0.05) is 18.0 Å². The molecule has 0 amide bonds. The van der Waals surface area contributed by atoms with Crippen LogP contribution >= 0.6 is 0 Å². The first kappa shape index (κ1) is 24.2. The zero-order valence-electron chi connectivity index (χ0n) is 19.1. The number of carbonyl (C=O) groups excluding carboxylic acids is 1. The summed E-state index contributed by atoms with van der Waals surface area (Å²) in [5.41, 5.74) is 0.796. The molecule has 0 saturated carbocycles. The van der Waals surface area contributed by atoms with E-state index >= 15 is 0 Å². The van der Waals surface area contributed by atoms with E-state index in [9.17, 15) is 20.1 Å². The Morgan fingerprint density at radius 1 is 1.06 bits per heavy atom. The Bertz CT molecular complexity index is 811. The molecule has 3 heterocycles. The van der Waals surface area contributed by atoms with Crippen LogP contribution in [-0.4, -0.2) is 82.6 Å². The number of hydrogen-bond acceptors (Lipinski definition) is 8. The largest absolute Gasteiger partial charge is 0.462 e. The number of benzene rings is 1. The van der Waals surface area contributed by atoms with Crippen LogP contribution in [0.4, 0.5) is 0 Å². The fourth-order valence-corrected chi connectivity index (χ4v) is 5.08. The van der Waals surface area contributed by atoms with E-state index in [4.69, 9.17) is 14.2 Å². The lowest BCUT2D eigenvalue weighted by atomic mass is 9.84. The van der Waals surface area contributed by atoms with Gasteiger partial charge in [-0.15, -0.1) is 0 Å². The van der Waals surface area contributed by atoms with Gasteiger partial charge in [-0.3, -0.25) is 4.90 Å². The predicted molar refractivity (Wildman–Crippen MR) is 121 cm³/mol. The van der Waals surface area contributed by atoms with Gasteiger partial charge in [-0.25, -0.2) is 4.79 Å². The molecular formula is C25H35NO7. The maximum atomic E-state index is 12.2. The zero-order valence-corrected chi connectivity index (χ0v) is 19.1. The number of piperidine rings is 2. The summed E-state index contributed by atoms with van der Waals surface area (Å²) in [6.45, 7) is 4.41. The molecule has 8 heteroatoms. The van der Waals surface area contributed by atoms with Crippen LogP contribution in [-0.2, 0) is 14.3 Å². The predicted octanol–water partition coefficient (Wildman–Crippen LogP) is 1.71. The third-order valence-electron chi connectivity index (χ3n) is 7.02. The standard InChI is InChI=1S/C25H35NO7/c1-16-22(28)23(29)24(30)25(32-16)33-19-10-7-17(8-11-19)9-12-21(27)31-15-18-5-4-14-26-13-3-2-6-20(18)26/h7-12,16,18,20,22-25,28-30H,2-6,13-15H2,1H3/b12-9+/t16-,18-,20-,22-,23+,24+,25-/m1/s1. The van der Waals surface area contributed by atoms with Crippen molar-refractivity contribution in [3.8, 4) is 5.75 Å². The Morgan fingerprint density at radius 2 is 1.82 bits per heavy atom.